The van der Waals surface area contributed by atoms with Crippen LogP contribution in [-0.2, 0) is 0 Å². The van der Waals surface area contributed by atoms with Gasteiger partial charge in [-0.05, 0) is 18.3 Å². The zero-order valence-corrected chi connectivity index (χ0v) is 8.51. The van der Waals surface area contributed by atoms with E-state index in [9.17, 15) is 0 Å². The summed E-state index contributed by atoms with van der Waals surface area (Å²) in [6.45, 7) is 10.3. The van der Waals surface area contributed by atoms with Gasteiger partial charge in [0.2, 0.25) is 0 Å². The van der Waals surface area contributed by atoms with Crippen LogP contribution in [0, 0.1) is 5.41 Å². The number of rotatable bonds is 4. The second-order valence-electron chi connectivity index (χ2n) is 4.00. The van der Waals surface area contributed by atoms with Crippen molar-refractivity contribution >= 4 is 0 Å². The average Bonchev–Trinajstić information content (AvgIpc) is 1.94. The molecule has 0 N–H and O–H groups in total. The highest BCUT2D eigenvalue weighted by Crippen LogP contribution is 2.14. The molecule has 68 valence electrons. The van der Waals surface area contributed by atoms with Gasteiger partial charge in [0.1, 0.15) is 0 Å². The molecule has 0 atom stereocenters. The molecule has 0 bridgehead atoms. The van der Waals surface area contributed by atoms with Crippen LogP contribution < -0.4 is 0 Å². The van der Waals surface area contributed by atoms with Crippen molar-refractivity contribution in [1.82, 2.24) is 0 Å². The van der Waals surface area contributed by atoms with Gasteiger partial charge in [-0.2, -0.15) is 0 Å². The first-order valence-corrected chi connectivity index (χ1v) is 4.50. The van der Waals surface area contributed by atoms with Gasteiger partial charge >= 0.3 is 0 Å². The molecule has 0 saturated heterocycles. The van der Waals surface area contributed by atoms with E-state index in [0.29, 0.717) is 5.41 Å². The van der Waals surface area contributed by atoms with E-state index in [1.165, 1.54) is 0 Å². The minimum Gasteiger partial charge on any atom is -0.103 e. The lowest BCUT2D eigenvalue weighted by Crippen LogP contribution is -1.97. The Bertz CT molecular complexity index is 165. The van der Waals surface area contributed by atoms with E-state index in [-0.39, 0.29) is 0 Å². The number of hydrogen-bond acceptors (Lipinski definition) is 0. The fourth-order valence-corrected chi connectivity index (χ4v) is 0.789. The molecule has 12 heavy (non-hydrogen) atoms. The van der Waals surface area contributed by atoms with Crippen LogP contribution in [0.5, 0.6) is 0 Å². The molecule has 0 aromatic carbocycles. The van der Waals surface area contributed by atoms with Crippen molar-refractivity contribution in [3.8, 4) is 0 Å². The molecule has 0 spiro atoms. The Morgan fingerprint density at radius 3 is 2.08 bits per heavy atom. The molecular formula is C12H20. The molecule has 0 aliphatic carbocycles. The Labute approximate surface area is 76.7 Å². The molecule has 0 aliphatic heterocycles. The molecule has 0 heteroatoms. The summed E-state index contributed by atoms with van der Waals surface area (Å²) in [5.74, 6) is 0. The second-order valence-corrected chi connectivity index (χ2v) is 4.00. The van der Waals surface area contributed by atoms with Crippen LogP contribution >= 0.6 is 0 Å². The molecule has 0 heterocycles. The van der Waals surface area contributed by atoms with Gasteiger partial charge in [0.05, 0.1) is 0 Å². The van der Waals surface area contributed by atoms with Crippen molar-refractivity contribution in [3.05, 3.63) is 37.0 Å². The lowest BCUT2D eigenvalue weighted by molar-refractivity contribution is 0.543. The van der Waals surface area contributed by atoms with Crippen LogP contribution in [-0.4, -0.2) is 0 Å². The first-order chi connectivity index (χ1) is 5.56. The lowest BCUT2D eigenvalue weighted by atomic mass is 9.96. The summed E-state index contributed by atoms with van der Waals surface area (Å²) in [7, 11) is 0. The largest absolute Gasteiger partial charge is 0.103 e. The molecule has 0 nitrogen and oxygen atoms in total. The van der Waals surface area contributed by atoms with Crippen molar-refractivity contribution in [2.75, 3.05) is 0 Å². The lowest BCUT2D eigenvalue weighted by Gasteiger charge is -2.10. The van der Waals surface area contributed by atoms with E-state index in [1.54, 1.807) is 0 Å². The Balaban J connectivity index is 3.55. The third-order valence-corrected chi connectivity index (χ3v) is 1.36. The van der Waals surface area contributed by atoms with E-state index in [0.717, 1.165) is 12.8 Å². The standard InChI is InChI=1S/C12H20/c1-5-6-7-8-9-10-11-12(2,3)4/h5,7-8,10-11H,1,6,9H2,2-4H3. The van der Waals surface area contributed by atoms with Crippen molar-refractivity contribution < 1.29 is 0 Å². The molecular weight excluding hydrogens is 144 g/mol. The predicted molar refractivity (Wildman–Crippen MR) is 57.2 cm³/mol. The molecule has 0 aliphatic rings. The Kier molecular flexibility index (Phi) is 5.44. The van der Waals surface area contributed by atoms with Crippen LogP contribution in [0.1, 0.15) is 33.6 Å². The highest BCUT2D eigenvalue weighted by molar-refractivity contribution is 4.98. The normalized spacial score (nSPS) is 12.9. The van der Waals surface area contributed by atoms with Gasteiger partial charge in [-0.1, -0.05) is 51.2 Å². The van der Waals surface area contributed by atoms with E-state index in [1.807, 2.05) is 6.08 Å². The maximum Gasteiger partial charge on any atom is -0.0169 e. The number of allylic oxidation sites excluding steroid dienone is 5. The first kappa shape index (κ1) is 11.2. The molecule has 0 saturated carbocycles. The topological polar surface area (TPSA) is 0 Å². The summed E-state index contributed by atoms with van der Waals surface area (Å²) < 4.78 is 0. The molecule has 0 rings (SSSR count). The van der Waals surface area contributed by atoms with Crippen LogP contribution in [0.4, 0.5) is 0 Å². The first-order valence-electron chi connectivity index (χ1n) is 4.50. The summed E-state index contributed by atoms with van der Waals surface area (Å²) in [5.41, 5.74) is 0.312. The average molecular weight is 164 g/mol. The molecule has 0 fully saturated rings. The monoisotopic (exact) mass is 164 g/mol. The van der Waals surface area contributed by atoms with Gasteiger partial charge in [0.15, 0.2) is 0 Å². The van der Waals surface area contributed by atoms with E-state index < -0.39 is 0 Å². The third-order valence-electron chi connectivity index (χ3n) is 1.36. The highest BCUT2D eigenvalue weighted by Gasteiger charge is 2.01. The second kappa shape index (κ2) is 5.82. The van der Waals surface area contributed by atoms with E-state index in [4.69, 9.17) is 0 Å². The summed E-state index contributed by atoms with van der Waals surface area (Å²) in [5, 5.41) is 0. The van der Waals surface area contributed by atoms with Gasteiger partial charge < -0.3 is 0 Å². The van der Waals surface area contributed by atoms with Gasteiger partial charge in [-0.3, -0.25) is 0 Å². The molecule has 0 radical (unpaired) electrons. The molecule has 0 unspecified atom stereocenters. The Morgan fingerprint density at radius 2 is 1.58 bits per heavy atom. The van der Waals surface area contributed by atoms with Crippen molar-refractivity contribution in [1.29, 1.82) is 0 Å². The van der Waals surface area contributed by atoms with E-state index in [2.05, 4.69) is 51.7 Å². The fourth-order valence-electron chi connectivity index (χ4n) is 0.789. The summed E-state index contributed by atoms with van der Waals surface area (Å²) in [6.07, 6.45) is 12.7. The SMILES string of the molecule is C=CCC=CCC=CC(C)(C)C. The van der Waals surface area contributed by atoms with Gasteiger partial charge in [-0.25, -0.2) is 0 Å². The predicted octanol–water partition coefficient (Wildman–Crippen LogP) is 4.11. The molecule has 0 aromatic rings. The van der Waals surface area contributed by atoms with E-state index >= 15 is 0 Å². The summed E-state index contributed by atoms with van der Waals surface area (Å²) in [6, 6.07) is 0. The summed E-state index contributed by atoms with van der Waals surface area (Å²) in [4.78, 5) is 0. The minimum absolute atomic E-state index is 0.312. The highest BCUT2D eigenvalue weighted by atomic mass is 14.1. The smallest absolute Gasteiger partial charge is 0.0169 e. The van der Waals surface area contributed by atoms with Crippen LogP contribution in [0.15, 0.2) is 37.0 Å². The van der Waals surface area contributed by atoms with Crippen LogP contribution in [0.25, 0.3) is 0 Å². The fraction of sp³-hybridized carbons (Fsp3) is 0.500. The van der Waals surface area contributed by atoms with Gasteiger partial charge in [-0.15, -0.1) is 6.58 Å². The molecule has 0 amide bonds. The Morgan fingerprint density at radius 1 is 1.00 bits per heavy atom. The Hall–Kier alpha value is -0.780. The van der Waals surface area contributed by atoms with Gasteiger partial charge in [0.25, 0.3) is 0 Å². The zero-order chi connectivity index (χ0) is 9.45. The van der Waals surface area contributed by atoms with Crippen LogP contribution in [0.2, 0.25) is 0 Å². The zero-order valence-electron chi connectivity index (χ0n) is 8.51. The summed E-state index contributed by atoms with van der Waals surface area (Å²) >= 11 is 0. The number of hydrogen-bond donors (Lipinski definition) is 0. The maximum atomic E-state index is 3.65. The van der Waals surface area contributed by atoms with Crippen molar-refractivity contribution in [2.24, 2.45) is 5.41 Å². The quantitative estimate of drug-likeness (QED) is 0.548. The minimum atomic E-state index is 0.312. The van der Waals surface area contributed by atoms with Crippen LogP contribution in [0.3, 0.4) is 0 Å². The molecule has 0 aromatic heterocycles. The van der Waals surface area contributed by atoms with Gasteiger partial charge in [0, 0.05) is 0 Å². The third kappa shape index (κ3) is 9.22. The van der Waals surface area contributed by atoms with Crippen molar-refractivity contribution in [2.45, 2.75) is 33.6 Å². The van der Waals surface area contributed by atoms with Crippen molar-refractivity contribution in [3.63, 3.8) is 0 Å². The maximum absolute atomic E-state index is 3.65.